The van der Waals surface area contributed by atoms with Gasteiger partial charge >= 0.3 is 6.36 Å². The summed E-state index contributed by atoms with van der Waals surface area (Å²) >= 11 is 0. The summed E-state index contributed by atoms with van der Waals surface area (Å²) in [5.74, 6) is 1.00. The number of halogens is 3. The summed E-state index contributed by atoms with van der Waals surface area (Å²) in [7, 11) is 1.83. The van der Waals surface area contributed by atoms with Gasteiger partial charge in [-0.25, -0.2) is 4.68 Å². The van der Waals surface area contributed by atoms with Crippen LogP contribution in [0.4, 0.5) is 19.0 Å². The topological polar surface area (TPSA) is 56.1 Å². The van der Waals surface area contributed by atoms with Crippen molar-refractivity contribution < 1.29 is 17.9 Å². The summed E-state index contributed by atoms with van der Waals surface area (Å²) in [6, 6.07) is 11.3. The number of aryl methyl sites for hydroxylation is 2. The first kappa shape index (κ1) is 18.7. The lowest BCUT2D eigenvalue weighted by molar-refractivity contribution is -0.274. The Balaban J connectivity index is 1.67. The fraction of sp³-hybridized carbons (Fsp3) is 0.278. The molecule has 0 aliphatic carbocycles. The van der Waals surface area contributed by atoms with Crippen LogP contribution in [0.2, 0.25) is 0 Å². The minimum Gasteiger partial charge on any atom is -0.406 e. The second kappa shape index (κ2) is 7.26. The highest BCUT2D eigenvalue weighted by atomic mass is 19.4. The van der Waals surface area contributed by atoms with Gasteiger partial charge in [-0.05, 0) is 49.7 Å². The van der Waals surface area contributed by atoms with Gasteiger partial charge in [0.05, 0.1) is 5.69 Å². The van der Waals surface area contributed by atoms with E-state index in [-0.39, 0.29) is 5.75 Å². The van der Waals surface area contributed by atoms with Crippen molar-refractivity contribution in [1.29, 1.82) is 0 Å². The van der Waals surface area contributed by atoms with Gasteiger partial charge in [0, 0.05) is 19.3 Å². The molecule has 6 nitrogen and oxygen atoms in total. The molecular weight excluding hydrogens is 359 g/mol. The van der Waals surface area contributed by atoms with Crippen LogP contribution < -0.4 is 9.64 Å². The summed E-state index contributed by atoms with van der Waals surface area (Å²) in [5, 5.41) is 12.8. The lowest BCUT2D eigenvalue weighted by Gasteiger charge is -2.18. The Kier molecular flexibility index (Phi) is 5.02. The molecule has 3 rings (SSSR count). The highest BCUT2D eigenvalue weighted by Gasteiger charge is 2.30. The van der Waals surface area contributed by atoms with E-state index >= 15 is 0 Å². The van der Waals surface area contributed by atoms with Crippen molar-refractivity contribution >= 4 is 5.82 Å². The third-order valence-electron chi connectivity index (χ3n) is 3.83. The van der Waals surface area contributed by atoms with Gasteiger partial charge in [0.15, 0.2) is 11.6 Å². The summed E-state index contributed by atoms with van der Waals surface area (Å²) < 4.78 is 42.2. The van der Waals surface area contributed by atoms with Crippen LogP contribution in [-0.2, 0) is 6.54 Å². The monoisotopic (exact) mass is 377 g/mol. The van der Waals surface area contributed by atoms with Crippen molar-refractivity contribution in [2.75, 3.05) is 11.9 Å². The Labute approximate surface area is 154 Å². The van der Waals surface area contributed by atoms with E-state index in [2.05, 4.69) is 20.0 Å². The molecule has 0 saturated heterocycles. The number of hydrogen-bond acceptors (Lipinski definition) is 5. The van der Waals surface area contributed by atoms with E-state index in [0.717, 1.165) is 17.0 Å². The van der Waals surface area contributed by atoms with Gasteiger partial charge in [0.1, 0.15) is 5.75 Å². The summed E-state index contributed by atoms with van der Waals surface area (Å²) in [5.41, 5.74) is 2.67. The molecule has 0 unspecified atom stereocenters. The quantitative estimate of drug-likeness (QED) is 0.677. The Morgan fingerprint density at radius 1 is 1.04 bits per heavy atom. The van der Waals surface area contributed by atoms with E-state index in [4.69, 9.17) is 0 Å². The number of alkyl halides is 3. The van der Waals surface area contributed by atoms with Crippen molar-refractivity contribution in [2.45, 2.75) is 26.8 Å². The van der Waals surface area contributed by atoms with Gasteiger partial charge in [-0.15, -0.1) is 23.4 Å². The molecule has 0 N–H and O–H groups in total. The molecule has 0 aliphatic heterocycles. The molecule has 2 heterocycles. The average Bonchev–Trinajstić information content (AvgIpc) is 2.94. The molecule has 0 bridgehead atoms. The molecule has 0 radical (unpaired) electrons. The first-order valence-corrected chi connectivity index (χ1v) is 8.14. The number of rotatable bonds is 5. The van der Waals surface area contributed by atoms with E-state index in [1.54, 1.807) is 16.8 Å². The zero-order valence-corrected chi connectivity index (χ0v) is 15.0. The second-order valence-corrected chi connectivity index (χ2v) is 6.14. The van der Waals surface area contributed by atoms with Gasteiger partial charge < -0.3 is 9.64 Å². The molecule has 9 heteroatoms. The molecule has 0 saturated carbocycles. The molecular formula is C18H18F3N5O. The molecule has 3 aromatic rings. The van der Waals surface area contributed by atoms with Crippen LogP contribution in [0.1, 0.15) is 17.0 Å². The van der Waals surface area contributed by atoms with E-state index in [9.17, 15) is 13.2 Å². The van der Waals surface area contributed by atoms with Gasteiger partial charge in [-0.2, -0.15) is 5.10 Å². The van der Waals surface area contributed by atoms with Crippen molar-refractivity contribution in [3.63, 3.8) is 0 Å². The zero-order valence-electron chi connectivity index (χ0n) is 15.0. The maximum absolute atomic E-state index is 12.2. The lowest BCUT2D eigenvalue weighted by atomic mass is 10.2. The summed E-state index contributed by atoms with van der Waals surface area (Å²) in [6.07, 6.45) is -4.69. The Morgan fingerprint density at radius 2 is 1.74 bits per heavy atom. The molecule has 0 atom stereocenters. The van der Waals surface area contributed by atoms with Crippen LogP contribution in [0.15, 0.2) is 42.5 Å². The average molecular weight is 377 g/mol. The van der Waals surface area contributed by atoms with Gasteiger partial charge in [0.25, 0.3) is 0 Å². The van der Waals surface area contributed by atoms with Crippen molar-refractivity contribution in [2.24, 2.45) is 0 Å². The molecule has 142 valence electrons. The predicted molar refractivity (Wildman–Crippen MR) is 93.9 cm³/mol. The molecule has 0 amide bonds. The SMILES string of the molecule is Cc1cc(C)n(-c2ccc(N(C)Cc3ccc(OC(F)(F)F)cc3)nn2)n1. The predicted octanol–water partition coefficient (Wildman–Crippen LogP) is 3.81. The molecule has 1 aromatic carbocycles. The first-order chi connectivity index (χ1) is 12.7. The number of anilines is 1. The largest absolute Gasteiger partial charge is 0.573 e. The van der Waals surface area contributed by atoms with E-state index in [0.29, 0.717) is 18.2 Å². The number of aromatic nitrogens is 4. The smallest absolute Gasteiger partial charge is 0.406 e. The highest BCUT2D eigenvalue weighted by molar-refractivity contribution is 5.40. The van der Waals surface area contributed by atoms with Crippen molar-refractivity contribution in [3.8, 4) is 11.6 Å². The molecule has 2 aromatic heterocycles. The Hall–Kier alpha value is -3.10. The van der Waals surface area contributed by atoms with Gasteiger partial charge in [-0.3, -0.25) is 0 Å². The van der Waals surface area contributed by atoms with E-state index in [1.165, 1.54) is 12.1 Å². The molecule has 0 fully saturated rings. The lowest BCUT2D eigenvalue weighted by Crippen LogP contribution is -2.19. The Morgan fingerprint density at radius 3 is 2.26 bits per heavy atom. The maximum atomic E-state index is 12.2. The third-order valence-corrected chi connectivity index (χ3v) is 3.83. The molecule has 0 aliphatic rings. The zero-order chi connectivity index (χ0) is 19.6. The standard InChI is InChI=1S/C18H18F3N5O/c1-12-10-13(2)26(24-12)17-9-8-16(22-23-17)25(3)11-14-4-6-15(7-5-14)27-18(19,20)21/h4-10H,11H2,1-3H3. The number of benzene rings is 1. The fourth-order valence-corrected chi connectivity index (χ4v) is 2.65. The van der Waals surface area contributed by atoms with Crippen LogP contribution in [0.25, 0.3) is 5.82 Å². The number of hydrogen-bond donors (Lipinski definition) is 0. The molecule has 27 heavy (non-hydrogen) atoms. The summed E-state index contributed by atoms with van der Waals surface area (Å²) in [4.78, 5) is 1.84. The van der Waals surface area contributed by atoms with Gasteiger partial charge in [-0.1, -0.05) is 12.1 Å². The molecule has 0 spiro atoms. The van der Waals surface area contributed by atoms with E-state index < -0.39 is 6.36 Å². The minimum atomic E-state index is -4.69. The Bertz CT molecular complexity index is 904. The van der Waals surface area contributed by atoms with E-state index in [1.807, 2.05) is 44.0 Å². The second-order valence-electron chi connectivity index (χ2n) is 6.14. The normalized spacial score (nSPS) is 11.5. The van der Waals surface area contributed by atoms with Crippen LogP contribution >= 0.6 is 0 Å². The maximum Gasteiger partial charge on any atom is 0.573 e. The van der Waals surface area contributed by atoms with Gasteiger partial charge in [0.2, 0.25) is 0 Å². The number of ether oxygens (including phenoxy) is 1. The first-order valence-electron chi connectivity index (χ1n) is 8.14. The third kappa shape index (κ3) is 4.75. The summed E-state index contributed by atoms with van der Waals surface area (Å²) in [6.45, 7) is 4.30. The highest BCUT2D eigenvalue weighted by Crippen LogP contribution is 2.23. The number of nitrogens with zero attached hydrogens (tertiary/aromatic N) is 5. The van der Waals surface area contributed by atoms with Crippen LogP contribution in [-0.4, -0.2) is 33.4 Å². The minimum absolute atomic E-state index is 0.247. The van der Waals surface area contributed by atoms with Crippen LogP contribution in [0.5, 0.6) is 5.75 Å². The van der Waals surface area contributed by atoms with Crippen molar-refractivity contribution in [3.05, 3.63) is 59.4 Å². The fourth-order valence-electron chi connectivity index (χ4n) is 2.65. The van der Waals surface area contributed by atoms with Crippen molar-refractivity contribution in [1.82, 2.24) is 20.0 Å². The van der Waals surface area contributed by atoms with Crippen LogP contribution in [0, 0.1) is 13.8 Å². The van der Waals surface area contributed by atoms with Crippen LogP contribution in [0.3, 0.4) is 0 Å².